The van der Waals surface area contributed by atoms with Gasteiger partial charge in [-0.15, -0.1) is 11.3 Å². The minimum atomic E-state index is -4.57. The van der Waals surface area contributed by atoms with E-state index in [2.05, 4.69) is 16.3 Å². The second-order valence-corrected chi connectivity index (χ2v) is 7.86. The van der Waals surface area contributed by atoms with Crippen molar-refractivity contribution in [3.63, 3.8) is 0 Å². The first-order chi connectivity index (χ1) is 13.4. The molecule has 0 radical (unpaired) electrons. The Morgan fingerprint density at radius 1 is 1.29 bits per heavy atom. The number of thiophene rings is 1. The zero-order valence-corrected chi connectivity index (χ0v) is 15.9. The molecule has 148 valence electrons. The summed E-state index contributed by atoms with van der Waals surface area (Å²) in [4.78, 5) is 16.0. The lowest BCUT2D eigenvalue weighted by Gasteiger charge is -2.31. The van der Waals surface area contributed by atoms with Crippen molar-refractivity contribution in [3.8, 4) is 6.07 Å². The van der Waals surface area contributed by atoms with Crippen molar-refractivity contribution < 1.29 is 18.0 Å². The molecule has 0 atom stereocenters. The maximum atomic E-state index is 13.2. The van der Waals surface area contributed by atoms with Gasteiger partial charge in [0, 0.05) is 23.9 Å². The van der Waals surface area contributed by atoms with Gasteiger partial charge in [0.1, 0.15) is 0 Å². The smallest absolute Gasteiger partial charge is 0.352 e. The first-order valence-corrected chi connectivity index (χ1v) is 9.87. The highest BCUT2D eigenvalue weighted by Crippen LogP contribution is 2.32. The number of nitrogens with one attached hydrogen (secondary N) is 1. The summed E-state index contributed by atoms with van der Waals surface area (Å²) in [6.07, 6.45) is -3.19. The van der Waals surface area contributed by atoms with E-state index in [0.29, 0.717) is 12.8 Å². The molecule has 1 saturated heterocycles. The van der Waals surface area contributed by atoms with Gasteiger partial charge in [0.15, 0.2) is 0 Å². The summed E-state index contributed by atoms with van der Waals surface area (Å²) < 4.78 is 39.6. The fourth-order valence-corrected chi connectivity index (χ4v) is 4.11. The zero-order valence-electron chi connectivity index (χ0n) is 15.1. The van der Waals surface area contributed by atoms with E-state index in [4.69, 9.17) is 5.26 Å². The monoisotopic (exact) mass is 407 g/mol. The van der Waals surface area contributed by atoms with Gasteiger partial charge >= 0.3 is 6.18 Å². The van der Waals surface area contributed by atoms with Crippen molar-refractivity contribution in [2.45, 2.75) is 32.1 Å². The van der Waals surface area contributed by atoms with Crippen molar-refractivity contribution in [1.29, 1.82) is 5.26 Å². The number of piperidine rings is 1. The van der Waals surface area contributed by atoms with Crippen molar-refractivity contribution in [1.82, 2.24) is 10.2 Å². The van der Waals surface area contributed by atoms with Crippen LogP contribution in [0.25, 0.3) is 0 Å². The molecule has 1 aromatic carbocycles. The van der Waals surface area contributed by atoms with Crippen LogP contribution in [0.1, 0.15) is 34.4 Å². The number of benzene rings is 1. The Bertz CT molecular complexity index is 851. The minimum Gasteiger partial charge on any atom is -0.352 e. The molecule has 0 saturated carbocycles. The lowest BCUT2D eigenvalue weighted by Crippen LogP contribution is -2.40. The third-order valence-electron chi connectivity index (χ3n) is 4.92. The molecule has 3 rings (SSSR count). The van der Waals surface area contributed by atoms with Gasteiger partial charge in [0.25, 0.3) is 0 Å². The number of likely N-dealkylation sites (tertiary alicyclic amines) is 1. The van der Waals surface area contributed by atoms with Crippen molar-refractivity contribution in [3.05, 3.63) is 57.3 Å². The normalized spacial score (nSPS) is 15.9. The SMILES string of the molecule is N#Cc1ccc(CNC(=O)C2CCN(Cc3cccs3)CC2)c(C(F)(F)F)c1. The molecule has 4 nitrogen and oxygen atoms in total. The third-order valence-corrected chi connectivity index (χ3v) is 5.78. The maximum absolute atomic E-state index is 13.2. The highest BCUT2D eigenvalue weighted by atomic mass is 32.1. The highest BCUT2D eigenvalue weighted by Gasteiger charge is 2.34. The van der Waals surface area contributed by atoms with Gasteiger partial charge in [-0.2, -0.15) is 18.4 Å². The first-order valence-electron chi connectivity index (χ1n) is 8.99. The molecule has 0 aliphatic carbocycles. The van der Waals surface area contributed by atoms with Crippen LogP contribution in [0, 0.1) is 17.2 Å². The summed E-state index contributed by atoms with van der Waals surface area (Å²) in [5, 5.41) is 13.5. The van der Waals surface area contributed by atoms with Crippen LogP contribution in [-0.2, 0) is 24.1 Å². The summed E-state index contributed by atoms with van der Waals surface area (Å²) in [5.41, 5.74) is -0.965. The number of carbonyl (C=O) groups excluding carboxylic acids is 1. The fraction of sp³-hybridized carbons (Fsp3) is 0.400. The number of hydrogen-bond donors (Lipinski definition) is 1. The van der Waals surface area contributed by atoms with Crippen molar-refractivity contribution >= 4 is 17.2 Å². The van der Waals surface area contributed by atoms with E-state index in [0.717, 1.165) is 25.7 Å². The number of alkyl halides is 3. The molecule has 1 fully saturated rings. The molecule has 1 aliphatic heterocycles. The quantitative estimate of drug-likeness (QED) is 0.810. The Kier molecular flexibility index (Phi) is 6.37. The molecule has 0 spiro atoms. The predicted molar refractivity (Wildman–Crippen MR) is 100 cm³/mol. The molecule has 0 unspecified atom stereocenters. The minimum absolute atomic E-state index is 0.0324. The van der Waals surface area contributed by atoms with Crippen LogP contribution in [0.4, 0.5) is 13.2 Å². The van der Waals surface area contributed by atoms with E-state index in [1.54, 1.807) is 17.4 Å². The van der Waals surface area contributed by atoms with E-state index in [9.17, 15) is 18.0 Å². The predicted octanol–water partition coefficient (Wildman–Crippen LogP) is 4.17. The third kappa shape index (κ3) is 5.12. The van der Waals surface area contributed by atoms with Gasteiger partial charge in [0.05, 0.1) is 17.2 Å². The van der Waals surface area contributed by atoms with Gasteiger partial charge in [-0.25, -0.2) is 0 Å². The number of hydrogen-bond acceptors (Lipinski definition) is 4. The van der Waals surface area contributed by atoms with Gasteiger partial charge in [-0.1, -0.05) is 12.1 Å². The molecule has 28 heavy (non-hydrogen) atoms. The van der Waals surface area contributed by atoms with E-state index in [1.807, 2.05) is 11.4 Å². The average Bonchev–Trinajstić information content (AvgIpc) is 3.19. The van der Waals surface area contributed by atoms with E-state index < -0.39 is 11.7 Å². The largest absolute Gasteiger partial charge is 0.416 e. The zero-order chi connectivity index (χ0) is 20.1. The van der Waals surface area contributed by atoms with E-state index in [1.165, 1.54) is 17.0 Å². The number of rotatable bonds is 5. The summed E-state index contributed by atoms with van der Waals surface area (Å²) in [6, 6.07) is 9.22. The van der Waals surface area contributed by atoms with Crippen LogP contribution in [0.5, 0.6) is 0 Å². The summed E-state index contributed by atoms with van der Waals surface area (Å²) in [7, 11) is 0. The molecule has 1 aliphatic rings. The van der Waals surface area contributed by atoms with Crippen LogP contribution >= 0.6 is 11.3 Å². The van der Waals surface area contributed by atoms with Gasteiger partial charge in [0.2, 0.25) is 5.91 Å². The summed E-state index contributed by atoms with van der Waals surface area (Å²) >= 11 is 1.70. The Morgan fingerprint density at radius 2 is 2.04 bits per heavy atom. The Balaban J connectivity index is 1.54. The van der Waals surface area contributed by atoms with Crippen LogP contribution < -0.4 is 5.32 Å². The maximum Gasteiger partial charge on any atom is 0.416 e. The Morgan fingerprint density at radius 3 is 2.64 bits per heavy atom. The molecule has 1 N–H and O–H groups in total. The Labute approximate surface area is 165 Å². The average molecular weight is 407 g/mol. The van der Waals surface area contributed by atoms with Gasteiger partial charge in [-0.05, 0) is 55.1 Å². The lowest BCUT2D eigenvalue weighted by molar-refractivity contribution is -0.138. The lowest BCUT2D eigenvalue weighted by atomic mass is 9.95. The number of amides is 1. The number of nitriles is 1. The molecule has 2 aromatic rings. The van der Waals surface area contributed by atoms with E-state index >= 15 is 0 Å². The van der Waals surface area contributed by atoms with E-state index in [-0.39, 0.29) is 29.5 Å². The molecule has 1 aromatic heterocycles. The number of nitrogens with zero attached hydrogens (tertiary/aromatic N) is 2. The fourth-order valence-electron chi connectivity index (χ4n) is 3.37. The van der Waals surface area contributed by atoms with Crippen LogP contribution in [0.3, 0.4) is 0 Å². The molecular weight excluding hydrogens is 387 g/mol. The topological polar surface area (TPSA) is 56.1 Å². The van der Waals surface area contributed by atoms with Gasteiger partial charge < -0.3 is 5.32 Å². The molecule has 0 bridgehead atoms. The molecule has 2 heterocycles. The molecule has 8 heteroatoms. The number of halogens is 3. The highest BCUT2D eigenvalue weighted by molar-refractivity contribution is 7.09. The second-order valence-electron chi connectivity index (χ2n) is 6.83. The van der Waals surface area contributed by atoms with Crippen LogP contribution in [0.2, 0.25) is 0 Å². The second kappa shape index (κ2) is 8.76. The summed E-state index contributed by atoms with van der Waals surface area (Å²) in [6.45, 7) is 2.25. The first kappa shape index (κ1) is 20.4. The molecular formula is C20H20F3N3OS. The van der Waals surface area contributed by atoms with Crippen molar-refractivity contribution in [2.75, 3.05) is 13.1 Å². The Hall–Kier alpha value is -2.37. The number of carbonyl (C=O) groups is 1. The van der Waals surface area contributed by atoms with Crippen LogP contribution in [0.15, 0.2) is 35.7 Å². The van der Waals surface area contributed by atoms with Gasteiger partial charge in [-0.3, -0.25) is 9.69 Å². The molecule has 1 amide bonds. The standard InChI is InChI=1S/C20H20F3N3OS/c21-20(22,23)18-10-14(11-24)3-4-16(18)12-25-19(27)15-5-7-26(8-6-15)13-17-2-1-9-28-17/h1-4,9-10,15H,5-8,12-13H2,(H,25,27). The van der Waals surface area contributed by atoms with Crippen LogP contribution in [-0.4, -0.2) is 23.9 Å². The van der Waals surface area contributed by atoms with Crippen molar-refractivity contribution in [2.24, 2.45) is 5.92 Å². The summed E-state index contributed by atoms with van der Waals surface area (Å²) in [5.74, 6) is -0.402.